The number of benzene rings is 2. The number of hydrogen-bond acceptors (Lipinski definition) is 9. The van der Waals surface area contributed by atoms with Gasteiger partial charge in [-0.2, -0.15) is 0 Å². The van der Waals surface area contributed by atoms with Crippen molar-refractivity contribution >= 4 is 29.4 Å². The van der Waals surface area contributed by atoms with Gasteiger partial charge >= 0.3 is 11.9 Å². The maximum Gasteiger partial charge on any atom is 0.341 e. The molecule has 0 amide bonds. The Labute approximate surface area is 234 Å². The van der Waals surface area contributed by atoms with Crippen molar-refractivity contribution in [2.75, 3.05) is 20.3 Å². The summed E-state index contributed by atoms with van der Waals surface area (Å²) in [5.74, 6) is -0.216. The molecule has 0 saturated heterocycles. The number of carbonyl (C=O) groups is 2. The van der Waals surface area contributed by atoms with E-state index in [-0.39, 0.29) is 23.8 Å². The molecule has 0 radical (unpaired) electrons. The number of aromatic nitrogens is 1. The monoisotopic (exact) mass is 566 g/mol. The molecule has 0 spiro atoms. The molecule has 1 N–H and O–H groups in total. The highest BCUT2D eigenvalue weighted by Gasteiger charge is 2.34. The molecule has 11 heteroatoms. The number of rotatable bonds is 10. The van der Waals surface area contributed by atoms with Gasteiger partial charge in [0.2, 0.25) is 0 Å². The van der Waals surface area contributed by atoms with Gasteiger partial charge in [0, 0.05) is 0 Å². The molecule has 10 nitrogen and oxygen atoms in total. The van der Waals surface area contributed by atoms with Crippen LogP contribution in [0.15, 0.2) is 63.5 Å². The number of methoxy groups -OCH3 is 1. The van der Waals surface area contributed by atoms with Gasteiger partial charge in [-0.25, -0.2) is 14.6 Å². The molecule has 40 heavy (non-hydrogen) atoms. The number of carboxylic acids is 1. The molecule has 2 heterocycles. The number of ether oxygens (including phenoxy) is 4. The first-order valence-corrected chi connectivity index (χ1v) is 13.4. The average molecular weight is 567 g/mol. The van der Waals surface area contributed by atoms with Crippen LogP contribution in [0.3, 0.4) is 0 Å². The van der Waals surface area contributed by atoms with Gasteiger partial charge in [-0.1, -0.05) is 29.5 Å². The molecule has 4 rings (SSSR count). The van der Waals surface area contributed by atoms with E-state index in [2.05, 4.69) is 4.99 Å². The largest absolute Gasteiger partial charge is 0.493 e. The number of nitrogens with zero attached hydrogens (tertiary/aromatic N) is 2. The summed E-state index contributed by atoms with van der Waals surface area (Å²) in [6, 6.07) is 11.2. The molecule has 1 aliphatic rings. The van der Waals surface area contributed by atoms with Crippen LogP contribution in [-0.2, 0) is 14.3 Å². The van der Waals surface area contributed by atoms with E-state index in [9.17, 15) is 14.4 Å². The molecule has 2 aromatic carbocycles. The van der Waals surface area contributed by atoms with Gasteiger partial charge in [-0.05, 0) is 69.2 Å². The van der Waals surface area contributed by atoms with Crippen LogP contribution >= 0.6 is 11.3 Å². The second-order valence-electron chi connectivity index (χ2n) is 9.13. The fourth-order valence-electron chi connectivity index (χ4n) is 4.27. The van der Waals surface area contributed by atoms with E-state index >= 15 is 0 Å². The molecule has 0 saturated carbocycles. The number of aliphatic carboxylic acids is 1. The highest BCUT2D eigenvalue weighted by Crippen LogP contribution is 2.36. The number of esters is 1. The maximum absolute atomic E-state index is 13.8. The van der Waals surface area contributed by atoms with E-state index in [0.717, 1.165) is 0 Å². The summed E-state index contributed by atoms with van der Waals surface area (Å²) in [7, 11) is 1.53. The van der Waals surface area contributed by atoms with Crippen LogP contribution in [0.4, 0.5) is 0 Å². The first kappa shape index (κ1) is 28.6. The second-order valence-corrected chi connectivity index (χ2v) is 10.1. The van der Waals surface area contributed by atoms with Crippen molar-refractivity contribution in [3.63, 3.8) is 0 Å². The van der Waals surface area contributed by atoms with Crippen molar-refractivity contribution in [2.24, 2.45) is 4.99 Å². The summed E-state index contributed by atoms with van der Waals surface area (Å²) >= 11 is 1.20. The standard InChI is InChI=1S/C29H30N2O8S/c1-6-37-28(35)25-17(4)30-29-31(26(25)19-9-12-21(39-16(2)3)22(14-19)36-5)27(34)23(40-29)13-18-7-10-20(11-8-18)38-15-24(32)33/h7-14,16,26H,6,15H2,1-5H3,(H,32,33). The molecule has 1 aliphatic heterocycles. The molecule has 1 atom stereocenters. The van der Waals surface area contributed by atoms with Gasteiger partial charge in [-0.15, -0.1) is 0 Å². The number of hydrogen-bond donors (Lipinski definition) is 1. The number of carbonyl (C=O) groups excluding carboxylic acids is 1. The zero-order valence-electron chi connectivity index (χ0n) is 22.8. The summed E-state index contributed by atoms with van der Waals surface area (Å²) in [5, 5.41) is 8.80. The van der Waals surface area contributed by atoms with Gasteiger partial charge in [0.25, 0.3) is 5.56 Å². The lowest BCUT2D eigenvalue weighted by molar-refractivity contribution is -0.140. The lowest BCUT2D eigenvalue weighted by atomic mass is 9.95. The Balaban J connectivity index is 1.84. The van der Waals surface area contributed by atoms with E-state index in [1.807, 2.05) is 13.8 Å². The summed E-state index contributed by atoms with van der Waals surface area (Å²) in [5.41, 5.74) is 1.74. The van der Waals surface area contributed by atoms with Gasteiger partial charge in [0.05, 0.1) is 41.7 Å². The van der Waals surface area contributed by atoms with Crippen molar-refractivity contribution in [3.05, 3.63) is 84.5 Å². The molecule has 3 aromatic rings. The normalized spacial score (nSPS) is 14.9. The zero-order chi connectivity index (χ0) is 29.0. The van der Waals surface area contributed by atoms with Crippen LogP contribution < -0.4 is 29.1 Å². The van der Waals surface area contributed by atoms with Crippen molar-refractivity contribution in [3.8, 4) is 17.2 Å². The maximum atomic E-state index is 13.8. The van der Waals surface area contributed by atoms with E-state index in [1.54, 1.807) is 62.4 Å². The fraction of sp³-hybridized carbons (Fsp3) is 0.310. The summed E-state index contributed by atoms with van der Waals surface area (Å²) < 4.78 is 23.9. The lowest BCUT2D eigenvalue weighted by Gasteiger charge is -2.25. The van der Waals surface area contributed by atoms with Crippen LogP contribution in [-0.4, -0.2) is 48.0 Å². The van der Waals surface area contributed by atoms with Crippen LogP contribution in [0.1, 0.15) is 44.9 Å². The third-order valence-electron chi connectivity index (χ3n) is 5.92. The third-order valence-corrected chi connectivity index (χ3v) is 6.91. The Kier molecular flexibility index (Phi) is 8.73. The zero-order valence-corrected chi connectivity index (χ0v) is 23.6. The molecule has 0 fully saturated rings. The smallest absolute Gasteiger partial charge is 0.341 e. The first-order chi connectivity index (χ1) is 19.1. The molecule has 1 unspecified atom stereocenters. The third kappa shape index (κ3) is 6.09. The van der Waals surface area contributed by atoms with Crippen LogP contribution in [0.5, 0.6) is 17.2 Å². The Morgan fingerprint density at radius 1 is 1.15 bits per heavy atom. The topological polar surface area (TPSA) is 126 Å². The number of allylic oxidation sites excluding steroid dienone is 1. The predicted octanol–water partition coefficient (Wildman–Crippen LogP) is 3.06. The van der Waals surface area contributed by atoms with Gasteiger partial charge in [0.1, 0.15) is 5.75 Å². The Morgan fingerprint density at radius 3 is 2.50 bits per heavy atom. The van der Waals surface area contributed by atoms with Crippen molar-refractivity contribution in [1.29, 1.82) is 0 Å². The highest BCUT2D eigenvalue weighted by atomic mass is 32.1. The van der Waals surface area contributed by atoms with Gasteiger partial charge < -0.3 is 24.1 Å². The van der Waals surface area contributed by atoms with Crippen LogP contribution in [0.2, 0.25) is 0 Å². The summed E-state index contributed by atoms with van der Waals surface area (Å²) in [6.45, 7) is 6.98. The molecule has 0 bridgehead atoms. The number of carboxylic acid groups (broad SMARTS) is 1. The quantitative estimate of drug-likeness (QED) is 0.371. The minimum atomic E-state index is -1.07. The number of thiazole rings is 1. The number of fused-ring (bicyclic) bond motifs is 1. The Bertz CT molecular complexity index is 1630. The first-order valence-electron chi connectivity index (χ1n) is 12.6. The van der Waals surface area contributed by atoms with Crippen molar-refractivity contribution in [2.45, 2.75) is 39.8 Å². The minimum Gasteiger partial charge on any atom is -0.493 e. The average Bonchev–Trinajstić information content (AvgIpc) is 3.21. The Morgan fingerprint density at radius 2 is 1.88 bits per heavy atom. The molecule has 1 aromatic heterocycles. The van der Waals surface area contributed by atoms with E-state index < -0.39 is 24.6 Å². The summed E-state index contributed by atoms with van der Waals surface area (Å²) in [4.78, 5) is 42.7. The predicted molar refractivity (Wildman–Crippen MR) is 149 cm³/mol. The Hall–Kier alpha value is -4.38. The van der Waals surface area contributed by atoms with Crippen molar-refractivity contribution in [1.82, 2.24) is 4.57 Å². The molecule has 0 aliphatic carbocycles. The van der Waals surface area contributed by atoms with Crippen LogP contribution in [0.25, 0.3) is 6.08 Å². The second kappa shape index (κ2) is 12.2. The molecule has 210 valence electrons. The highest BCUT2D eigenvalue weighted by molar-refractivity contribution is 7.07. The lowest BCUT2D eigenvalue weighted by Crippen LogP contribution is -2.40. The van der Waals surface area contributed by atoms with Gasteiger partial charge in [-0.3, -0.25) is 9.36 Å². The van der Waals surface area contributed by atoms with E-state index in [1.165, 1.54) is 23.0 Å². The summed E-state index contributed by atoms with van der Waals surface area (Å²) in [6.07, 6.45) is 1.64. The van der Waals surface area contributed by atoms with Gasteiger partial charge in [0.15, 0.2) is 22.9 Å². The van der Waals surface area contributed by atoms with E-state index in [4.69, 9.17) is 24.1 Å². The molecular weight excluding hydrogens is 536 g/mol. The minimum absolute atomic E-state index is 0.0764. The molecular formula is C29H30N2O8S. The van der Waals surface area contributed by atoms with Crippen molar-refractivity contribution < 1.29 is 33.6 Å². The fourth-order valence-corrected chi connectivity index (χ4v) is 5.32. The van der Waals surface area contributed by atoms with Crippen LogP contribution in [0, 0.1) is 0 Å². The SMILES string of the molecule is CCOC(=O)C1=C(C)N=c2sc(=Cc3ccc(OCC(=O)O)cc3)c(=O)n2C1c1ccc(OC(C)C)c(OC)c1. The van der Waals surface area contributed by atoms with E-state index in [0.29, 0.717) is 43.4 Å².